The SMILES string of the molecule is COC(=O)C(=O)N(CC(C)C)C1CCCC1. The van der Waals surface area contributed by atoms with E-state index in [0.717, 1.165) is 25.7 Å². The molecule has 0 aromatic carbocycles. The van der Waals surface area contributed by atoms with Gasteiger partial charge in [-0.1, -0.05) is 26.7 Å². The topological polar surface area (TPSA) is 46.6 Å². The molecule has 4 nitrogen and oxygen atoms in total. The molecule has 16 heavy (non-hydrogen) atoms. The zero-order chi connectivity index (χ0) is 12.1. The number of nitrogens with zero attached hydrogens (tertiary/aromatic N) is 1. The second kappa shape index (κ2) is 5.87. The molecule has 0 bridgehead atoms. The van der Waals surface area contributed by atoms with Crippen molar-refractivity contribution in [2.24, 2.45) is 5.92 Å². The third-order valence-electron chi connectivity index (χ3n) is 2.95. The molecule has 0 aliphatic heterocycles. The van der Waals surface area contributed by atoms with Crippen molar-refractivity contribution in [3.8, 4) is 0 Å². The van der Waals surface area contributed by atoms with Crippen molar-refractivity contribution in [3.05, 3.63) is 0 Å². The Hall–Kier alpha value is -1.06. The van der Waals surface area contributed by atoms with Crippen molar-refractivity contribution in [1.29, 1.82) is 0 Å². The minimum atomic E-state index is -0.743. The van der Waals surface area contributed by atoms with Gasteiger partial charge in [-0.05, 0) is 18.8 Å². The van der Waals surface area contributed by atoms with Crippen LogP contribution < -0.4 is 0 Å². The average molecular weight is 227 g/mol. The Kier molecular flexibility index (Phi) is 4.77. The van der Waals surface area contributed by atoms with Crippen molar-refractivity contribution >= 4 is 11.9 Å². The lowest BCUT2D eigenvalue weighted by Crippen LogP contribution is -2.45. The highest BCUT2D eigenvalue weighted by molar-refractivity contribution is 6.32. The maximum atomic E-state index is 11.8. The summed E-state index contributed by atoms with van der Waals surface area (Å²) in [4.78, 5) is 24.8. The summed E-state index contributed by atoms with van der Waals surface area (Å²) in [6.07, 6.45) is 4.31. The quantitative estimate of drug-likeness (QED) is 0.543. The van der Waals surface area contributed by atoms with Crippen LogP contribution in [0.1, 0.15) is 39.5 Å². The minimum absolute atomic E-state index is 0.231. The van der Waals surface area contributed by atoms with E-state index in [-0.39, 0.29) is 6.04 Å². The number of ether oxygens (including phenoxy) is 1. The fourth-order valence-electron chi connectivity index (χ4n) is 2.21. The van der Waals surface area contributed by atoms with E-state index in [4.69, 9.17) is 0 Å². The summed E-state index contributed by atoms with van der Waals surface area (Å²) in [7, 11) is 1.25. The van der Waals surface area contributed by atoms with E-state index >= 15 is 0 Å². The average Bonchev–Trinajstić information content (AvgIpc) is 2.76. The molecule has 0 radical (unpaired) electrons. The molecule has 4 heteroatoms. The van der Waals surface area contributed by atoms with E-state index < -0.39 is 11.9 Å². The van der Waals surface area contributed by atoms with Gasteiger partial charge in [-0.25, -0.2) is 4.79 Å². The highest BCUT2D eigenvalue weighted by atomic mass is 16.5. The highest BCUT2D eigenvalue weighted by Crippen LogP contribution is 2.24. The van der Waals surface area contributed by atoms with E-state index in [2.05, 4.69) is 4.74 Å². The molecule has 1 aliphatic carbocycles. The van der Waals surface area contributed by atoms with E-state index in [1.54, 1.807) is 4.90 Å². The fraction of sp³-hybridized carbons (Fsp3) is 0.833. The molecule has 0 heterocycles. The van der Waals surface area contributed by atoms with Crippen molar-refractivity contribution in [2.75, 3.05) is 13.7 Å². The molecule has 0 N–H and O–H groups in total. The zero-order valence-corrected chi connectivity index (χ0v) is 10.4. The number of hydrogen-bond donors (Lipinski definition) is 0. The van der Waals surface area contributed by atoms with Gasteiger partial charge in [0, 0.05) is 12.6 Å². The second-order valence-corrected chi connectivity index (χ2v) is 4.78. The Morgan fingerprint density at radius 3 is 2.31 bits per heavy atom. The Labute approximate surface area is 96.9 Å². The number of rotatable bonds is 3. The number of esters is 1. The van der Waals surface area contributed by atoms with Crippen LogP contribution in [0.15, 0.2) is 0 Å². The zero-order valence-electron chi connectivity index (χ0n) is 10.4. The molecule has 1 saturated carbocycles. The number of methoxy groups -OCH3 is 1. The summed E-state index contributed by atoms with van der Waals surface area (Å²) in [6.45, 7) is 4.73. The van der Waals surface area contributed by atoms with E-state index in [1.807, 2.05) is 13.8 Å². The Morgan fingerprint density at radius 1 is 1.31 bits per heavy atom. The summed E-state index contributed by atoms with van der Waals surface area (Å²) < 4.78 is 4.50. The number of amides is 1. The predicted octanol–water partition coefficient (Wildman–Crippen LogP) is 1.59. The first-order valence-corrected chi connectivity index (χ1v) is 5.95. The highest BCUT2D eigenvalue weighted by Gasteiger charge is 2.31. The standard InChI is InChI=1S/C12H21NO3/c1-9(2)8-13(10-6-4-5-7-10)11(14)12(15)16-3/h9-10H,4-8H2,1-3H3. The van der Waals surface area contributed by atoms with Crippen LogP contribution in [0, 0.1) is 5.92 Å². The Bertz CT molecular complexity index is 257. The Balaban J connectivity index is 2.69. The number of hydrogen-bond acceptors (Lipinski definition) is 3. The van der Waals surface area contributed by atoms with E-state index in [0.29, 0.717) is 12.5 Å². The third kappa shape index (κ3) is 3.22. The first-order valence-electron chi connectivity index (χ1n) is 5.95. The molecular weight excluding hydrogens is 206 g/mol. The van der Waals surface area contributed by atoms with Crippen LogP contribution in [0.4, 0.5) is 0 Å². The van der Waals surface area contributed by atoms with E-state index in [9.17, 15) is 9.59 Å². The monoisotopic (exact) mass is 227 g/mol. The lowest BCUT2D eigenvalue weighted by atomic mass is 10.1. The van der Waals surface area contributed by atoms with Crippen LogP contribution in [0.25, 0.3) is 0 Å². The Morgan fingerprint density at radius 2 is 1.88 bits per heavy atom. The van der Waals surface area contributed by atoms with Gasteiger partial charge >= 0.3 is 11.9 Å². The maximum Gasteiger partial charge on any atom is 0.396 e. The first kappa shape index (κ1) is 13.0. The third-order valence-corrected chi connectivity index (χ3v) is 2.95. The molecule has 1 aliphatic rings. The molecule has 0 aromatic rings. The van der Waals surface area contributed by atoms with Gasteiger partial charge in [0.2, 0.25) is 0 Å². The van der Waals surface area contributed by atoms with Crippen LogP contribution in [0.5, 0.6) is 0 Å². The minimum Gasteiger partial charge on any atom is -0.462 e. The van der Waals surface area contributed by atoms with Crippen molar-refractivity contribution < 1.29 is 14.3 Å². The molecule has 0 saturated heterocycles. The van der Waals surface area contributed by atoms with Crippen molar-refractivity contribution in [1.82, 2.24) is 4.90 Å². The largest absolute Gasteiger partial charge is 0.462 e. The number of carbonyl (C=O) groups is 2. The predicted molar refractivity (Wildman–Crippen MR) is 60.8 cm³/mol. The molecule has 0 unspecified atom stereocenters. The normalized spacial score (nSPS) is 16.5. The first-order chi connectivity index (χ1) is 7.56. The lowest BCUT2D eigenvalue weighted by molar-refractivity contribution is -0.159. The maximum absolute atomic E-state index is 11.8. The van der Waals surface area contributed by atoms with Crippen LogP contribution in [0.2, 0.25) is 0 Å². The van der Waals surface area contributed by atoms with Gasteiger partial charge in [0.05, 0.1) is 7.11 Å². The molecule has 1 amide bonds. The molecule has 0 spiro atoms. The van der Waals surface area contributed by atoms with Gasteiger partial charge in [-0.3, -0.25) is 4.79 Å². The van der Waals surface area contributed by atoms with Crippen molar-refractivity contribution in [3.63, 3.8) is 0 Å². The second-order valence-electron chi connectivity index (χ2n) is 4.78. The van der Waals surface area contributed by atoms with Gasteiger partial charge in [-0.2, -0.15) is 0 Å². The summed E-state index contributed by atoms with van der Waals surface area (Å²) in [5, 5.41) is 0. The number of carbonyl (C=O) groups excluding carboxylic acids is 2. The summed E-state index contributed by atoms with van der Waals surface area (Å²) in [5.74, 6) is -0.857. The van der Waals surface area contributed by atoms with Gasteiger partial charge in [0.25, 0.3) is 0 Å². The smallest absolute Gasteiger partial charge is 0.396 e. The van der Waals surface area contributed by atoms with Gasteiger partial charge < -0.3 is 9.64 Å². The summed E-state index contributed by atoms with van der Waals surface area (Å²) >= 11 is 0. The summed E-state index contributed by atoms with van der Waals surface area (Å²) in [5.41, 5.74) is 0. The molecular formula is C12H21NO3. The molecule has 0 atom stereocenters. The van der Waals surface area contributed by atoms with Gasteiger partial charge in [-0.15, -0.1) is 0 Å². The lowest BCUT2D eigenvalue weighted by Gasteiger charge is -2.29. The van der Waals surface area contributed by atoms with Crippen LogP contribution >= 0.6 is 0 Å². The van der Waals surface area contributed by atoms with Crippen molar-refractivity contribution in [2.45, 2.75) is 45.6 Å². The van der Waals surface area contributed by atoms with Crippen LogP contribution in [0.3, 0.4) is 0 Å². The van der Waals surface area contributed by atoms with Crippen LogP contribution in [-0.4, -0.2) is 36.5 Å². The van der Waals surface area contributed by atoms with Gasteiger partial charge in [0.1, 0.15) is 0 Å². The fourth-order valence-corrected chi connectivity index (χ4v) is 2.21. The molecule has 92 valence electrons. The molecule has 1 fully saturated rings. The van der Waals surface area contributed by atoms with Crippen LogP contribution in [-0.2, 0) is 14.3 Å². The molecule has 0 aromatic heterocycles. The molecule has 1 rings (SSSR count). The van der Waals surface area contributed by atoms with E-state index in [1.165, 1.54) is 7.11 Å². The van der Waals surface area contributed by atoms with Gasteiger partial charge in [0.15, 0.2) is 0 Å². The summed E-state index contributed by atoms with van der Waals surface area (Å²) in [6, 6.07) is 0.231.